The number of rotatable bonds is 2. The Morgan fingerprint density at radius 1 is 0.833 bits per heavy atom. The van der Waals surface area contributed by atoms with E-state index >= 15 is 0 Å². The number of fused-ring (bicyclic) bond motifs is 4. The lowest BCUT2D eigenvalue weighted by molar-refractivity contribution is -0.161. The second-order valence-corrected chi connectivity index (χ2v) is 10.7. The van der Waals surface area contributed by atoms with Crippen LogP contribution in [0.25, 0.3) is 0 Å². The molecule has 0 aromatic heterocycles. The third kappa shape index (κ3) is 2.67. The average molecular weight is 337 g/mol. The van der Waals surface area contributed by atoms with E-state index in [1.807, 2.05) is 0 Å². The van der Waals surface area contributed by atoms with Gasteiger partial charge in [-0.15, -0.1) is 0 Å². The van der Waals surface area contributed by atoms with E-state index in [0.717, 1.165) is 42.4 Å². The van der Waals surface area contributed by atoms with Crippen LogP contribution in [0.4, 0.5) is 0 Å². The normalized spacial score (nSPS) is 50.0. The molecule has 0 aromatic rings. The number of aliphatic hydroxyl groups excluding tert-OH is 2. The van der Waals surface area contributed by atoms with Crippen LogP contribution in [0.3, 0.4) is 0 Å². The largest absolute Gasteiger partial charge is 0.396 e. The summed E-state index contributed by atoms with van der Waals surface area (Å²) < 4.78 is 0. The molecule has 6 aliphatic carbocycles. The predicted octanol–water partition coefficient (Wildman–Crippen LogP) is 4.74. The average Bonchev–Trinajstić information content (AvgIpc) is 2.54. The van der Waals surface area contributed by atoms with E-state index < -0.39 is 0 Å². The minimum atomic E-state index is 0.00627. The fourth-order valence-corrected chi connectivity index (χ4v) is 6.98. The van der Waals surface area contributed by atoms with Crippen LogP contribution in [0, 0.1) is 52.3 Å². The van der Waals surface area contributed by atoms with Crippen LogP contribution in [0.1, 0.15) is 73.6 Å². The molecule has 4 bridgehead atoms. The molecule has 0 aliphatic heterocycles. The Balaban J connectivity index is 0.000000141. The molecule has 6 aliphatic rings. The molecule has 0 heterocycles. The molecule has 6 saturated carbocycles. The van der Waals surface area contributed by atoms with Crippen LogP contribution in [-0.4, -0.2) is 22.9 Å². The maximum Gasteiger partial charge on any atom is 0.0574 e. The summed E-state index contributed by atoms with van der Waals surface area (Å²) in [5.41, 5.74) is 1.06. The summed E-state index contributed by atoms with van der Waals surface area (Å²) in [5, 5.41) is 19.1. The molecular weight excluding hydrogens is 296 g/mol. The molecule has 0 radical (unpaired) electrons. The highest BCUT2D eigenvalue weighted by atomic mass is 16.3. The highest BCUT2D eigenvalue weighted by Gasteiger charge is 2.57. The first kappa shape index (κ1) is 18.7. The summed E-state index contributed by atoms with van der Waals surface area (Å²) in [5.74, 6) is 5.29. The van der Waals surface area contributed by atoms with Crippen molar-refractivity contribution in [2.45, 2.75) is 79.8 Å². The van der Waals surface area contributed by atoms with Gasteiger partial charge in [0.15, 0.2) is 0 Å². The van der Waals surface area contributed by atoms with Crippen LogP contribution >= 0.6 is 0 Å². The highest BCUT2D eigenvalue weighted by molar-refractivity contribution is 5.06. The SMILES string of the molecule is CC1C[C@@H]2C[C@H](C1CO)C2(C)C.CCC1C(O)C[C@@H]2C[C@H]1C2(C)C. The van der Waals surface area contributed by atoms with Crippen molar-refractivity contribution in [1.82, 2.24) is 0 Å². The van der Waals surface area contributed by atoms with Gasteiger partial charge in [-0.05, 0) is 77.9 Å². The van der Waals surface area contributed by atoms with Gasteiger partial charge in [-0.2, -0.15) is 0 Å². The van der Waals surface area contributed by atoms with Crippen LogP contribution in [0.2, 0.25) is 0 Å². The summed E-state index contributed by atoms with van der Waals surface area (Å²) in [4.78, 5) is 0. The molecule has 2 heteroatoms. The van der Waals surface area contributed by atoms with Crippen LogP contribution in [-0.2, 0) is 0 Å². The van der Waals surface area contributed by atoms with E-state index in [9.17, 15) is 10.2 Å². The van der Waals surface area contributed by atoms with Crippen molar-refractivity contribution in [3.8, 4) is 0 Å². The van der Waals surface area contributed by atoms with Gasteiger partial charge in [0.05, 0.1) is 6.10 Å². The zero-order valence-electron chi connectivity index (χ0n) is 16.8. The van der Waals surface area contributed by atoms with Crippen molar-refractivity contribution in [2.24, 2.45) is 52.3 Å². The van der Waals surface area contributed by atoms with Gasteiger partial charge in [0.2, 0.25) is 0 Å². The van der Waals surface area contributed by atoms with Gasteiger partial charge in [0.25, 0.3) is 0 Å². The van der Waals surface area contributed by atoms with Gasteiger partial charge in [-0.25, -0.2) is 0 Å². The van der Waals surface area contributed by atoms with Crippen LogP contribution in [0.5, 0.6) is 0 Å². The molecule has 8 atom stereocenters. The highest BCUT2D eigenvalue weighted by Crippen LogP contribution is 2.63. The first-order valence-electron chi connectivity index (χ1n) is 10.4. The fourth-order valence-electron chi connectivity index (χ4n) is 6.98. The molecule has 0 amide bonds. The molecule has 0 spiro atoms. The Bertz CT molecular complexity index is 413. The molecule has 24 heavy (non-hydrogen) atoms. The summed E-state index contributed by atoms with van der Waals surface area (Å²) in [6.45, 7) is 14.4. The number of aliphatic hydroxyl groups is 2. The van der Waals surface area contributed by atoms with E-state index in [0.29, 0.717) is 29.3 Å². The van der Waals surface area contributed by atoms with Crippen molar-refractivity contribution < 1.29 is 10.2 Å². The van der Waals surface area contributed by atoms with Gasteiger partial charge >= 0.3 is 0 Å². The Morgan fingerprint density at radius 3 is 1.71 bits per heavy atom. The van der Waals surface area contributed by atoms with E-state index in [2.05, 4.69) is 41.5 Å². The van der Waals surface area contributed by atoms with Crippen LogP contribution < -0.4 is 0 Å². The first-order valence-corrected chi connectivity index (χ1v) is 10.4. The van der Waals surface area contributed by atoms with Gasteiger partial charge < -0.3 is 10.2 Å². The summed E-state index contributed by atoms with van der Waals surface area (Å²) in [6, 6.07) is 0. The molecule has 0 aromatic carbocycles. The molecule has 140 valence electrons. The maximum atomic E-state index is 9.80. The summed E-state index contributed by atoms with van der Waals surface area (Å²) >= 11 is 0. The predicted molar refractivity (Wildman–Crippen MR) is 99.5 cm³/mol. The van der Waals surface area contributed by atoms with E-state index in [1.54, 1.807) is 0 Å². The van der Waals surface area contributed by atoms with Gasteiger partial charge in [0.1, 0.15) is 0 Å². The van der Waals surface area contributed by atoms with E-state index in [1.165, 1.54) is 19.3 Å². The minimum Gasteiger partial charge on any atom is -0.396 e. The molecule has 4 unspecified atom stereocenters. The maximum absolute atomic E-state index is 9.80. The van der Waals surface area contributed by atoms with Crippen molar-refractivity contribution in [2.75, 3.05) is 6.61 Å². The second kappa shape index (κ2) is 6.27. The standard InChI is InChI=1S/2C11H20O/c1-7-4-8-5-10(9(7)6-12)11(8,2)3;1-4-8-9-5-7(6-10(8)12)11(9,2)3/h2*7-10,12H,4-6H2,1-3H3/t7?,8-,9?,10-;7-,8?,9+,10?/m10/s1. The topological polar surface area (TPSA) is 40.5 Å². The quantitative estimate of drug-likeness (QED) is 0.765. The Kier molecular flexibility index (Phi) is 4.88. The van der Waals surface area contributed by atoms with Crippen molar-refractivity contribution in [3.63, 3.8) is 0 Å². The molecule has 2 N–H and O–H groups in total. The molecule has 6 fully saturated rings. The summed E-state index contributed by atoms with van der Waals surface area (Å²) in [7, 11) is 0. The number of hydrogen-bond acceptors (Lipinski definition) is 2. The first-order chi connectivity index (χ1) is 11.1. The van der Waals surface area contributed by atoms with Crippen molar-refractivity contribution in [3.05, 3.63) is 0 Å². The van der Waals surface area contributed by atoms with Gasteiger partial charge in [0, 0.05) is 6.61 Å². The lowest BCUT2D eigenvalue weighted by Gasteiger charge is -2.62. The third-order valence-electron chi connectivity index (χ3n) is 9.22. The van der Waals surface area contributed by atoms with E-state index in [4.69, 9.17) is 0 Å². The van der Waals surface area contributed by atoms with Gasteiger partial charge in [-0.1, -0.05) is 48.0 Å². The second-order valence-electron chi connectivity index (χ2n) is 10.7. The summed E-state index contributed by atoms with van der Waals surface area (Å²) in [6.07, 6.45) is 6.32. The zero-order valence-corrected chi connectivity index (χ0v) is 16.8. The molecule has 6 rings (SSSR count). The molecule has 0 saturated heterocycles. The Labute approximate surface area is 149 Å². The Hall–Kier alpha value is -0.0800. The van der Waals surface area contributed by atoms with Crippen molar-refractivity contribution in [1.29, 1.82) is 0 Å². The molecular formula is C22H40O2. The zero-order chi connectivity index (χ0) is 17.9. The smallest absolute Gasteiger partial charge is 0.0574 e. The molecule has 2 nitrogen and oxygen atoms in total. The minimum absolute atomic E-state index is 0.00627. The number of hydrogen-bond donors (Lipinski definition) is 2. The van der Waals surface area contributed by atoms with E-state index in [-0.39, 0.29) is 6.10 Å². The third-order valence-corrected chi connectivity index (χ3v) is 9.22. The fraction of sp³-hybridized carbons (Fsp3) is 1.00. The lowest BCUT2D eigenvalue weighted by Crippen LogP contribution is -2.57. The monoisotopic (exact) mass is 336 g/mol. The van der Waals surface area contributed by atoms with Crippen LogP contribution in [0.15, 0.2) is 0 Å². The lowest BCUT2D eigenvalue weighted by atomic mass is 9.43. The van der Waals surface area contributed by atoms with Gasteiger partial charge in [-0.3, -0.25) is 0 Å². The van der Waals surface area contributed by atoms with Crippen molar-refractivity contribution >= 4 is 0 Å². The Morgan fingerprint density at radius 2 is 1.33 bits per heavy atom.